The van der Waals surface area contributed by atoms with Gasteiger partial charge in [-0.2, -0.15) is 4.31 Å². The van der Waals surface area contributed by atoms with Crippen molar-refractivity contribution in [2.45, 2.75) is 18.4 Å². The Morgan fingerprint density at radius 2 is 1.75 bits per heavy atom. The van der Waals surface area contributed by atoms with Crippen molar-refractivity contribution < 1.29 is 17.6 Å². The van der Waals surface area contributed by atoms with Crippen molar-refractivity contribution in [2.24, 2.45) is 0 Å². The Hall–Kier alpha value is -2.00. The van der Waals surface area contributed by atoms with Crippen molar-refractivity contribution >= 4 is 33.2 Å². The monoisotopic (exact) mass is 425 g/mol. The number of rotatable bonds is 5. The van der Waals surface area contributed by atoms with E-state index in [4.69, 9.17) is 11.6 Å². The van der Waals surface area contributed by atoms with Crippen LogP contribution in [0.2, 0.25) is 5.02 Å². The fourth-order valence-corrected chi connectivity index (χ4v) is 4.73. The SMILES string of the molecule is CC(=O)Nc1ccc(S(=O)(=O)N2CCN(Cc3ccc(F)cc3Cl)CC2)cc1. The van der Waals surface area contributed by atoms with Crippen molar-refractivity contribution in [2.75, 3.05) is 31.5 Å². The van der Waals surface area contributed by atoms with Gasteiger partial charge < -0.3 is 5.32 Å². The van der Waals surface area contributed by atoms with E-state index >= 15 is 0 Å². The zero-order valence-electron chi connectivity index (χ0n) is 15.4. The first-order valence-electron chi connectivity index (χ1n) is 8.80. The van der Waals surface area contributed by atoms with Gasteiger partial charge in [-0.15, -0.1) is 0 Å². The van der Waals surface area contributed by atoms with Crippen molar-refractivity contribution in [3.05, 3.63) is 58.9 Å². The Bertz CT molecular complexity index is 959. The van der Waals surface area contributed by atoms with E-state index in [-0.39, 0.29) is 16.6 Å². The number of halogens is 2. The summed E-state index contributed by atoms with van der Waals surface area (Å²) < 4.78 is 40.3. The molecule has 1 N–H and O–H groups in total. The molecule has 1 amide bonds. The number of benzene rings is 2. The summed E-state index contributed by atoms with van der Waals surface area (Å²) in [5.74, 6) is -0.595. The van der Waals surface area contributed by atoms with Crippen LogP contribution in [0.25, 0.3) is 0 Å². The van der Waals surface area contributed by atoms with Gasteiger partial charge in [0.15, 0.2) is 0 Å². The van der Waals surface area contributed by atoms with Crippen LogP contribution in [0.3, 0.4) is 0 Å². The van der Waals surface area contributed by atoms with E-state index < -0.39 is 10.0 Å². The molecule has 2 aromatic rings. The third-order valence-corrected chi connectivity index (χ3v) is 6.82. The maximum Gasteiger partial charge on any atom is 0.243 e. The maximum atomic E-state index is 13.2. The molecule has 6 nitrogen and oxygen atoms in total. The fraction of sp³-hybridized carbons (Fsp3) is 0.316. The molecule has 2 aromatic carbocycles. The smallest absolute Gasteiger partial charge is 0.243 e. The van der Waals surface area contributed by atoms with E-state index in [1.807, 2.05) is 0 Å². The average molecular weight is 426 g/mol. The molecule has 9 heteroatoms. The summed E-state index contributed by atoms with van der Waals surface area (Å²) >= 11 is 6.08. The van der Waals surface area contributed by atoms with E-state index in [1.165, 1.54) is 35.5 Å². The van der Waals surface area contributed by atoms with Crippen LogP contribution in [0.5, 0.6) is 0 Å². The standard InChI is InChI=1S/C19H21ClFN3O3S/c1-14(25)22-17-4-6-18(7-5-17)28(26,27)24-10-8-23(9-11-24)13-15-2-3-16(21)12-19(15)20/h2-7,12H,8-11,13H2,1H3,(H,22,25). The average Bonchev–Trinajstić information content (AvgIpc) is 2.64. The molecule has 0 atom stereocenters. The van der Waals surface area contributed by atoms with Crippen molar-refractivity contribution in [1.29, 1.82) is 0 Å². The number of piperazine rings is 1. The van der Waals surface area contributed by atoms with E-state index in [2.05, 4.69) is 10.2 Å². The van der Waals surface area contributed by atoms with Crippen molar-refractivity contribution in [3.63, 3.8) is 0 Å². The lowest BCUT2D eigenvalue weighted by atomic mass is 10.2. The molecule has 1 saturated heterocycles. The molecule has 0 aliphatic carbocycles. The molecule has 1 fully saturated rings. The lowest BCUT2D eigenvalue weighted by molar-refractivity contribution is -0.114. The summed E-state index contributed by atoms with van der Waals surface area (Å²) in [4.78, 5) is 13.4. The second-order valence-corrected chi connectivity index (χ2v) is 8.97. The molecular formula is C19H21ClFN3O3S. The summed E-state index contributed by atoms with van der Waals surface area (Å²) in [7, 11) is -3.60. The van der Waals surface area contributed by atoms with E-state index in [0.29, 0.717) is 43.4 Å². The lowest BCUT2D eigenvalue weighted by Gasteiger charge is -2.34. The van der Waals surface area contributed by atoms with E-state index in [0.717, 1.165) is 5.56 Å². The Morgan fingerprint density at radius 1 is 1.11 bits per heavy atom. The van der Waals surface area contributed by atoms with E-state index in [1.54, 1.807) is 18.2 Å². The van der Waals surface area contributed by atoms with Gasteiger partial charge in [0.25, 0.3) is 0 Å². The minimum atomic E-state index is -3.60. The first-order chi connectivity index (χ1) is 13.3. The summed E-state index contributed by atoms with van der Waals surface area (Å²) in [5.41, 5.74) is 1.36. The molecule has 0 saturated carbocycles. The quantitative estimate of drug-likeness (QED) is 0.799. The van der Waals surface area contributed by atoms with Gasteiger partial charge in [-0.05, 0) is 42.0 Å². The normalized spacial score (nSPS) is 16.1. The number of anilines is 1. The molecule has 0 radical (unpaired) electrons. The molecular weight excluding hydrogens is 405 g/mol. The molecule has 0 spiro atoms. The number of hydrogen-bond donors (Lipinski definition) is 1. The Labute approximate surface area is 168 Å². The first kappa shape index (κ1) is 20.7. The number of amides is 1. The summed E-state index contributed by atoms with van der Waals surface area (Å²) in [6.07, 6.45) is 0. The second-order valence-electron chi connectivity index (χ2n) is 6.62. The predicted molar refractivity (Wildman–Crippen MR) is 106 cm³/mol. The highest BCUT2D eigenvalue weighted by Crippen LogP contribution is 2.22. The number of nitrogens with zero attached hydrogens (tertiary/aromatic N) is 2. The van der Waals surface area contributed by atoms with Crippen LogP contribution in [0.15, 0.2) is 47.4 Å². The van der Waals surface area contributed by atoms with E-state index in [9.17, 15) is 17.6 Å². The third kappa shape index (κ3) is 4.88. The van der Waals surface area contributed by atoms with Gasteiger partial charge in [0.1, 0.15) is 5.82 Å². The highest BCUT2D eigenvalue weighted by Gasteiger charge is 2.28. The molecule has 0 bridgehead atoms. The molecule has 0 aromatic heterocycles. The maximum absolute atomic E-state index is 13.2. The number of nitrogens with one attached hydrogen (secondary N) is 1. The summed E-state index contributed by atoms with van der Waals surface area (Å²) in [6.45, 7) is 3.75. The van der Waals surface area contributed by atoms with Crippen LogP contribution in [-0.4, -0.2) is 49.7 Å². The van der Waals surface area contributed by atoms with Crippen LogP contribution in [0.4, 0.5) is 10.1 Å². The predicted octanol–water partition coefficient (Wildman–Crippen LogP) is 2.94. The Kier molecular flexibility index (Phi) is 6.34. The van der Waals surface area contributed by atoms with Crippen LogP contribution in [-0.2, 0) is 21.4 Å². The van der Waals surface area contributed by atoms with Crippen LogP contribution in [0.1, 0.15) is 12.5 Å². The zero-order valence-corrected chi connectivity index (χ0v) is 16.9. The minimum absolute atomic E-state index is 0.191. The van der Waals surface area contributed by atoms with Gasteiger partial charge >= 0.3 is 0 Å². The summed E-state index contributed by atoms with van der Waals surface area (Å²) in [5, 5.41) is 2.98. The van der Waals surface area contributed by atoms with Gasteiger partial charge in [0.2, 0.25) is 15.9 Å². The van der Waals surface area contributed by atoms with Gasteiger partial charge in [0.05, 0.1) is 4.90 Å². The largest absolute Gasteiger partial charge is 0.326 e. The van der Waals surface area contributed by atoms with Crippen molar-refractivity contribution in [1.82, 2.24) is 9.21 Å². The van der Waals surface area contributed by atoms with Crippen LogP contribution < -0.4 is 5.32 Å². The fourth-order valence-electron chi connectivity index (χ4n) is 3.08. The molecule has 1 aliphatic heterocycles. The minimum Gasteiger partial charge on any atom is -0.326 e. The number of carbonyl (C=O) groups is 1. The topological polar surface area (TPSA) is 69.7 Å². The molecule has 28 heavy (non-hydrogen) atoms. The summed E-state index contributed by atoms with van der Waals surface area (Å²) in [6, 6.07) is 10.4. The second kappa shape index (κ2) is 8.57. The van der Waals surface area contributed by atoms with Crippen LogP contribution in [0, 0.1) is 5.82 Å². The molecule has 1 heterocycles. The Balaban J connectivity index is 1.62. The highest BCUT2D eigenvalue weighted by molar-refractivity contribution is 7.89. The zero-order chi connectivity index (χ0) is 20.3. The van der Waals surface area contributed by atoms with Gasteiger partial charge in [0, 0.05) is 50.4 Å². The molecule has 150 valence electrons. The highest BCUT2D eigenvalue weighted by atomic mass is 35.5. The molecule has 0 unspecified atom stereocenters. The molecule has 1 aliphatic rings. The van der Waals surface area contributed by atoms with Gasteiger partial charge in [-0.1, -0.05) is 17.7 Å². The van der Waals surface area contributed by atoms with Crippen LogP contribution >= 0.6 is 11.6 Å². The lowest BCUT2D eigenvalue weighted by Crippen LogP contribution is -2.48. The molecule has 3 rings (SSSR count). The third-order valence-electron chi connectivity index (χ3n) is 4.55. The Morgan fingerprint density at radius 3 is 2.32 bits per heavy atom. The first-order valence-corrected chi connectivity index (χ1v) is 10.6. The van der Waals surface area contributed by atoms with Gasteiger partial charge in [-0.25, -0.2) is 12.8 Å². The van der Waals surface area contributed by atoms with Crippen molar-refractivity contribution in [3.8, 4) is 0 Å². The number of sulfonamides is 1. The number of carbonyl (C=O) groups excluding carboxylic acids is 1. The van der Waals surface area contributed by atoms with Gasteiger partial charge in [-0.3, -0.25) is 9.69 Å². The number of hydrogen-bond acceptors (Lipinski definition) is 4.